The minimum absolute atomic E-state index is 0.0308. The van der Waals surface area contributed by atoms with Crippen LogP contribution in [0.15, 0.2) is 66.0 Å². The lowest BCUT2D eigenvalue weighted by Crippen LogP contribution is -2.45. The minimum atomic E-state index is -0.229. The lowest BCUT2D eigenvalue weighted by molar-refractivity contribution is -0.133. The maximum absolute atomic E-state index is 13.7. The van der Waals surface area contributed by atoms with Crippen molar-refractivity contribution in [1.82, 2.24) is 9.80 Å². The van der Waals surface area contributed by atoms with Gasteiger partial charge < -0.3 is 15.1 Å². The van der Waals surface area contributed by atoms with E-state index >= 15 is 0 Å². The van der Waals surface area contributed by atoms with E-state index in [2.05, 4.69) is 65.1 Å². The lowest BCUT2D eigenvalue weighted by atomic mass is 9.93. The highest BCUT2D eigenvalue weighted by Crippen LogP contribution is 2.32. The van der Waals surface area contributed by atoms with Crippen LogP contribution in [-0.4, -0.2) is 34.8 Å². The zero-order valence-electron chi connectivity index (χ0n) is 23.0. The second kappa shape index (κ2) is 13.4. The Morgan fingerprint density at radius 3 is 1.97 bits per heavy atom. The van der Waals surface area contributed by atoms with Gasteiger partial charge in [0.2, 0.25) is 5.91 Å². The molecule has 0 aliphatic rings. The summed E-state index contributed by atoms with van der Waals surface area (Å²) in [5.41, 5.74) is 4.16. The first-order valence-corrected chi connectivity index (χ1v) is 14.1. The molecule has 1 heterocycles. The molecule has 0 spiro atoms. The zero-order chi connectivity index (χ0) is 26.9. The molecule has 3 rings (SSSR count). The van der Waals surface area contributed by atoms with E-state index < -0.39 is 0 Å². The zero-order valence-corrected chi connectivity index (χ0v) is 23.8. The maximum Gasteiger partial charge on any atom is 0.322 e. The number of nitrogens with zero attached hydrogens (tertiary/aromatic N) is 2. The Hall–Kier alpha value is -3.12. The van der Waals surface area contributed by atoms with Crippen molar-refractivity contribution in [2.24, 2.45) is 5.92 Å². The molecular formula is C31H41N3O2S. The van der Waals surface area contributed by atoms with Crippen molar-refractivity contribution in [3.8, 4) is 0 Å². The van der Waals surface area contributed by atoms with E-state index in [0.29, 0.717) is 19.6 Å². The molecule has 0 aliphatic carbocycles. The first-order valence-electron chi connectivity index (χ1n) is 13.2. The highest BCUT2D eigenvalue weighted by atomic mass is 32.1. The Labute approximate surface area is 226 Å². The van der Waals surface area contributed by atoms with Crippen LogP contribution in [-0.2, 0) is 17.9 Å². The highest BCUT2D eigenvalue weighted by Gasteiger charge is 2.25. The van der Waals surface area contributed by atoms with Crippen LogP contribution in [0.4, 0.5) is 10.5 Å². The number of rotatable bonds is 11. The van der Waals surface area contributed by atoms with Gasteiger partial charge in [0.25, 0.3) is 0 Å². The number of nitrogens with one attached hydrogen (secondary N) is 1. The molecule has 2 aromatic carbocycles. The third-order valence-electron chi connectivity index (χ3n) is 6.30. The number of amides is 3. The predicted molar refractivity (Wildman–Crippen MR) is 155 cm³/mol. The first kappa shape index (κ1) is 28.5. The summed E-state index contributed by atoms with van der Waals surface area (Å²) in [5.74, 6) is 0.695. The molecule has 0 saturated carbocycles. The lowest BCUT2D eigenvalue weighted by Gasteiger charge is -2.30. The molecule has 0 fully saturated rings. The number of carbonyl (C=O) groups excluding carboxylic acids is 2. The number of benzene rings is 2. The molecule has 198 valence electrons. The predicted octanol–water partition coefficient (Wildman–Crippen LogP) is 7.71. The van der Waals surface area contributed by atoms with Gasteiger partial charge in [0.05, 0.1) is 6.54 Å². The highest BCUT2D eigenvalue weighted by molar-refractivity contribution is 7.09. The van der Waals surface area contributed by atoms with Crippen molar-refractivity contribution in [3.05, 3.63) is 87.6 Å². The third kappa shape index (κ3) is 8.19. The molecule has 1 aromatic heterocycles. The standard InChI is InChI=1S/C31H41N3O2S/c1-22(2)18-34(31(36)32-30-27(23(3)4)15-10-16-28(30)24(5)6)21-29(35)33(20-26-14-11-17-37-26)19-25-12-8-7-9-13-25/h7-17,22-24H,18-21H2,1-6H3,(H,32,36). The summed E-state index contributed by atoms with van der Waals surface area (Å²) >= 11 is 1.64. The van der Waals surface area contributed by atoms with Crippen LogP contribution in [0.25, 0.3) is 0 Å². The van der Waals surface area contributed by atoms with E-state index in [9.17, 15) is 9.59 Å². The molecule has 0 unspecified atom stereocenters. The molecular weight excluding hydrogens is 478 g/mol. The second-order valence-electron chi connectivity index (χ2n) is 10.6. The number of para-hydroxylation sites is 1. The molecule has 6 heteroatoms. The van der Waals surface area contributed by atoms with Crippen LogP contribution in [0.5, 0.6) is 0 Å². The molecule has 0 saturated heterocycles. The van der Waals surface area contributed by atoms with Crippen molar-refractivity contribution >= 4 is 29.0 Å². The number of urea groups is 1. The van der Waals surface area contributed by atoms with Crippen molar-refractivity contribution in [2.75, 3.05) is 18.4 Å². The SMILES string of the molecule is CC(C)CN(CC(=O)N(Cc1ccccc1)Cc1cccs1)C(=O)Nc1c(C(C)C)cccc1C(C)C. The van der Waals surface area contributed by atoms with Gasteiger partial charge in [0.15, 0.2) is 0 Å². The van der Waals surface area contributed by atoms with Crippen molar-refractivity contribution in [2.45, 2.75) is 66.5 Å². The molecule has 5 nitrogen and oxygen atoms in total. The summed E-state index contributed by atoms with van der Waals surface area (Å²) in [6.07, 6.45) is 0. The topological polar surface area (TPSA) is 52.7 Å². The molecule has 3 amide bonds. The Morgan fingerprint density at radius 2 is 1.43 bits per heavy atom. The second-order valence-corrected chi connectivity index (χ2v) is 11.7. The fraction of sp³-hybridized carbons (Fsp3) is 0.419. The van der Waals surface area contributed by atoms with E-state index in [4.69, 9.17) is 0 Å². The smallest absolute Gasteiger partial charge is 0.322 e. The number of hydrogen-bond acceptors (Lipinski definition) is 3. The Kier molecular flexibility index (Phi) is 10.3. The van der Waals surface area contributed by atoms with Gasteiger partial charge in [-0.1, -0.05) is 96.1 Å². The fourth-order valence-electron chi connectivity index (χ4n) is 4.43. The van der Waals surface area contributed by atoms with E-state index in [1.165, 1.54) is 0 Å². The van der Waals surface area contributed by atoms with Gasteiger partial charge in [-0.3, -0.25) is 4.79 Å². The monoisotopic (exact) mass is 519 g/mol. The van der Waals surface area contributed by atoms with Gasteiger partial charge in [-0.15, -0.1) is 11.3 Å². The summed E-state index contributed by atoms with van der Waals surface area (Å²) in [7, 11) is 0. The van der Waals surface area contributed by atoms with Gasteiger partial charge in [0.1, 0.15) is 6.54 Å². The number of anilines is 1. The summed E-state index contributed by atoms with van der Waals surface area (Å²) in [6, 6.07) is 20.0. The van der Waals surface area contributed by atoms with E-state index in [1.54, 1.807) is 16.2 Å². The van der Waals surface area contributed by atoms with Crippen LogP contribution in [0.2, 0.25) is 0 Å². The van der Waals surface area contributed by atoms with Crippen LogP contribution in [0.1, 0.15) is 74.9 Å². The molecule has 0 radical (unpaired) electrons. The number of thiophene rings is 1. The molecule has 0 bridgehead atoms. The van der Waals surface area contributed by atoms with Gasteiger partial charge >= 0.3 is 6.03 Å². The number of hydrogen-bond donors (Lipinski definition) is 1. The van der Waals surface area contributed by atoms with E-state index in [-0.39, 0.29) is 36.2 Å². The Balaban J connectivity index is 1.85. The van der Waals surface area contributed by atoms with E-state index in [1.807, 2.05) is 52.7 Å². The molecule has 3 aromatic rings. The summed E-state index contributed by atoms with van der Waals surface area (Å²) < 4.78 is 0. The van der Waals surface area contributed by atoms with Gasteiger partial charge in [-0.25, -0.2) is 4.79 Å². The van der Waals surface area contributed by atoms with Crippen molar-refractivity contribution in [1.29, 1.82) is 0 Å². The quantitative estimate of drug-likeness (QED) is 0.282. The third-order valence-corrected chi connectivity index (χ3v) is 7.16. The first-order chi connectivity index (χ1) is 17.7. The van der Waals surface area contributed by atoms with E-state index in [0.717, 1.165) is 27.3 Å². The molecule has 0 atom stereocenters. The van der Waals surface area contributed by atoms with Crippen LogP contribution in [0.3, 0.4) is 0 Å². The molecule has 1 N–H and O–H groups in total. The fourth-order valence-corrected chi connectivity index (χ4v) is 5.15. The summed E-state index contributed by atoms with van der Waals surface area (Å²) in [6.45, 7) is 14.2. The molecule has 0 aliphatic heterocycles. The average molecular weight is 520 g/mol. The minimum Gasteiger partial charge on any atom is -0.332 e. The Morgan fingerprint density at radius 1 is 0.784 bits per heavy atom. The average Bonchev–Trinajstić information content (AvgIpc) is 3.36. The van der Waals surface area contributed by atoms with Crippen LogP contribution < -0.4 is 5.32 Å². The van der Waals surface area contributed by atoms with Crippen molar-refractivity contribution < 1.29 is 9.59 Å². The number of carbonyl (C=O) groups is 2. The van der Waals surface area contributed by atoms with Gasteiger partial charge in [-0.05, 0) is 45.9 Å². The summed E-state index contributed by atoms with van der Waals surface area (Å²) in [4.78, 5) is 32.0. The normalized spacial score (nSPS) is 11.3. The largest absolute Gasteiger partial charge is 0.332 e. The van der Waals surface area contributed by atoms with Gasteiger partial charge in [-0.2, -0.15) is 0 Å². The van der Waals surface area contributed by atoms with Crippen LogP contribution >= 0.6 is 11.3 Å². The summed E-state index contributed by atoms with van der Waals surface area (Å²) in [5, 5.41) is 5.23. The van der Waals surface area contributed by atoms with Gasteiger partial charge in [0, 0.05) is 23.7 Å². The van der Waals surface area contributed by atoms with Crippen molar-refractivity contribution in [3.63, 3.8) is 0 Å². The molecule has 37 heavy (non-hydrogen) atoms. The Bertz CT molecular complexity index is 1110. The maximum atomic E-state index is 13.7. The van der Waals surface area contributed by atoms with Crippen LogP contribution in [0, 0.1) is 5.92 Å².